The van der Waals surface area contributed by atoms with E-state index in [2.05, 4.69) is 45.0 Å². The van der Waals surface area contributed by atoms with E-state index in [1.54, 1.807) is 0 Å². The summed E-state index contributed by atoms with van der Waals surface area (Å²) in [4.78, 5) is 0. The second-order valence-corrected chi connectivity index (χ2v) is 9.12. The van der Waals surface area contributed by atoms with Crippen LogP contribution in [0.4, 0.5) is 0 Å². The van der Waals surface area contributed by atoms with Gasteiger partial charge in [-0.05, 0) is 35.3 Å². The number of hydrogen-bond acceptors (Lipinski definition) is 2. The van der Waals surface area contributed by atoms with Gasteiger partial charge in [-0.25, -0.2) is 8.42 Å². The molecule has 1 aliphatic heterocycles. The van der Waals surface area contributed by atoms with Crippen LogP contribution in [0.3, 0.4) is 0 Å². The summed E-state index contributed by atoms with van der Waals surface area (Å²) in [6.45, 7) is 6.63. The molecule has 20 heavy (non-hydrogen) atoms. The SMILES string of the molecule is CCC(C)(C)c1ccc(C(Cl)C2CCS(=O)(=O)C2)cc1. The van der Waals surface area contributed by atoms with E-state index in [-0.39, 0.29) is 28.2 Å². The van der Waals surface area contributed by atoms with Gasteiger partial charge in [-0.2, -0.15) is 0 Å². The molecule has 4 heteroatoms. The predicted octanol–water partition coefficient (Wildman–Crippen LogP) is 4.09. The molecule has 1 aromatic carbocycles. The van der Waals surface area contributed by atoms with Crippen LogP contribution in [0.1, 0.15) is 50.1 Å². The molecule has 2 rings (SSSR count). The molecule has 1 heterocycles. The topological polar surface area (TPSA) is 34.1 Å². The molecular weight excluding hydrogens is 292 g/mol. The van der Waals surface area contributed by atoms with Gasteiger partial charge >= 0.3 is 0 Å². The molecule has 1 aromatic rings. The van der Waals surface area contributed by atoms with Gasteiger partial charge in [0.2, 0.25) is 0 Å². The molecule has 2 atom stereocenters. The third-order valence-electron chi connectivity index (χ3n) is 4.58. The number of sulfone groups is 1. The van der Waals surface area contributed by atoms with Crippen LogP contribution in [0.15, 0.2) is 24.3 Å². The lowest BCUT2D eigenvalue weighted by molar-refractivity contribution is 0.505. The van der Waals surface area contributed by atoms with E-state index < -0.39 is 9.84 Å². The molecule has 0 bridgehead atoms. The molecule has 0 aromatic heterocycles. The monoisotopic (exact) mass is 314 g/mol. The highest BCUT2D eigenvalue weighted by Crippen LogP contribution is 2.37. The minimum absolute atomic E-state index is 0.0479. The fraction of sp³-hybridized carbons (Fsp3) is 0.625. The third-order valence-corrected chi connectivity index (χ3v) is 6.98. The van der Waals surface area contributed by atoms with Gasteiger partial charge in [0, 0.05) is 0 Å². The van der Waals surface area contributed by atoms with Crippen molar-refractivity contribution in [1.29, 1.82) is 0 Å². The summed E-state index contributed by atoms with van der Waals surface area (Å²) < 4.78 is 23.1. The zero-order valence-corrected chi connectivity index (χ0v) is 14.0. The van der Waals surface area contributed by atoms with E-state index >= 15 is 0 Å². The molecule has 0 saturated carbocycles. The molecular formula is C16H23ClO2S. The number of alkyl halides is 1. The van der Waals surface area contributed by atoms with Crippen LogP contribution in [-0.4, -0.2) is 19.9 Å². The third kappa shape index (κ3) is 3.37. The predicted molar refractivity (Wildman–Crippen MR) is 85.1 cm³/mol. The Balaban J connectivity index is 2.14. The Kier molecular flexibility index (Phi) is 4.50. The van der Waals surface area contributed by atoms with Gasteiger partial charge in [-0.15, -0.1) is 11.6 Å². The van der Waals surface area contributed by atoms with Gasteiger partial charge in [-0.1, -0.05) is 45.0 Å². The second kappa shape index (κ2) is 5.69. The summed E-state index contributed by atoms with van der Waals surface area (Å²) in [5.74, 6) is 0.553. The lowest BCUT2D eigenvalue weighted by Gasteiger charge is -2.24. The maximum atomic E-state index is 11.5. The van der Waals surface area contributed by atoms with E-state index in [4.69, 9.17) is 11.6 Å². The number of hydrogen-bond donors (Lipinski definition) is 0. The molecule has 0 amide bonds. The van der Waals surface area contributed by atoms with Crippen LogP contribution in [-0.2, 0) is 15.3 Å². The van der Waals surface area contributed by atoms with Crippen LogP contribution < -0.4 is 0 Å². The van der Waals surface area contributed by atoms with Crippen molar-refractivity contribution in [3.8, 4) is 0 Å². The van der Waals surface area contributed by atoms with Crippen molar-refractivity contribution in [2.75, 3.05) is 11.5 Å². The molecule has 2 unspecified atom stereocenters. The van der Waals surface area contributed by atoms with Crippen LogP contribution in [0.2, 0.25) is 0 Å². The number of halogens is 1. The van der Waals surface area contributed by atoms with Crippen molar-refractivity contribution >= 4 is 21.4 Å². The molecule has 0 spiro atoms. The second-order valence-electron chi connectivity index (χ2n) is 6.42. The van der Waals surface area contributed by atoms with Crippen LogP contribution in [0.5, 0.6) is 0 Å². The van der Waals surface area contributed by atoms with E-state index in [1.807, 2.05) is 0 Å². The van der Waals surface area contributed by atoms with Crippen LogP contribution >= 0.6 is 11.6 Å². The zero-order valence-electron chi connectivity index (χ0n) is 12.4. The summed E-state index contributed by atoms with van der Waals surface area (Å²) >= 11 is 6.48. The molecule has 2 nitrogen and oxygen atoms in total. The lowest BCUT2D eigenvalue weighted by Crippen LogP contribution is -2.15. The summed E-state index contributed by atoms with van der Waals surface area (Å²) in [6.07, 6.45) is 1.76. The summed E-state index contributed by atoms with van der Waals surface area (Å²) in [5.41, 5.74) is 2.49. The first-order chi connectivity index (χ1) is 9.25. The highest BCUT2D eigenvalue weighted by molar-refractivity contribution is 7.91. The average Bonchev–Trinajstić information content (AvgIpc) is 2.78. The summed E-state index contributed by atoms with van der Waals surface area (Å²) in [5, 5.41) is -0.203. The van der Waals surface area contributed by atoms with E-state index in [0.717, 1.165) is 12.0 Å². The minimum atomic E-state index is -2.87. The summed E-state index contributed by atoms with van der Waals surface area (Å²) in [6, 6.07) is 8.35. The molecule has 112 valence electrons. The van der Waals surface area contributed by atoms with E-state index in [0.29, 0.717) is 6.42 Å². The highest BCUT2D eigenvalue weighted by atomic mass is 35.5. The Hall–Kier alpha value is -0.540. The lowest BCUT2D eigenvalue weighted by atomic mass is 9.81. The minimum Gasteiger partial charge on any atom is -0.229 e. The van der Waals surface area contributed by atoms with Crippen molar-refractivity contribution < 1.29 is 8.42 Å². The Bertz CT molecular complexity index is 561. The quantitative estimate of drug-likeness (QED) is 0.784. The highest BCUT2D eigenvalue weighted by Gasteiger charge is 2.33. The van der Waals surface area contributed by atoms with Gasteiger partial charge in [0.15, 0.2) is 9.84 Å². The molecule has 1 saturated heterocycles. The largest absolute Gasteiger partial charge is 0.229 e. The van der Waals surface area contributed by atoms with Gasteiger partial charge in [0.1, 0.15) is 0 Å². The van der Waals surface area contributed by atoms with Gasteiger partial charge < -0.3 is 0 Å². The van der Waals surface area contributed by atoms with Gasteiger partial charge in [0.05, 0.1) is 16.9 Å². The fourth-order valence-electron chi connectivity index (χ4n) is 2.65. The fourth-order valence-corrected chi connectivity index (χ4v) is 4.96. The van der Waals surface area contributed by atoms with Crippen molar-refractivity contribution in [3.63, 3.8) is 0 Å². The number of benzene rings is 1. The molecule has 1 fully saturated rings. The van der Waals surface area contributed by atoms with Crippen LogP contribution in [0.25, 0.3) is 0 Å². The van der Waals surface area contributed by atoms with E-state index in [1.165, 1.54) is 5.56 Å². The Morgan fingerprint density at radius 1 is 1.30 bits per heavy atom. The first-order valence-electron chi connectivity index (χ1n) is 7.20. The zero-order chi connectivity index (χ0) is 15.0. The van der Waals surface area contributed by atoms with Gasteiger partial charge in [-0.3, -0.25) is 0 Å². The van der Waals surface area contributed by atoms with Gasteiger partial charge in [0.25, 0.3) is 0 Å². The first-order valence-corrected chi connectivity index (χ1v) is 9.46. The molecule has 0 radical (unpaired) electrons. The van der Waals surface area contributed by atoms with Crippen molar-refractivity contribution in [1.82, 2.24) is 0 Å². The number of rotatable bonds is 4. The standard InChI is InChI=1S/C16H23ClO2S/c1-4-16(2,3)14-7-5-12(6-8-14)15(17)13-9-10-20(18,19)11-13/h5-8,13,15H,4,9-11H2,1-3H3. The van der Waals surface area contributed by atoms with Crippen molar-refractivity contribution in [2.45, 2.75) is 44.4 Å². The Morgan fingerprint density at radius 2 is 1.90 bits per heavy atom. The Labute approximate surface area is 127 Å². The first kappa shape index (κ1) is 15.8. The molecule has 1 aliphatic rings. The van der Waals surface area contributed by atoms with Crippen LogP contribution in [0, 0.1) is 5.92 Å². The summed E-state index contributed by atoms with van der Waals surface area (Å²) in [7, 11) is -2.87. The van der Waals surface area contributed by atoms with Crippen molar-refractivity contribution in [2.24, 2.45) is 5.92 Å². The van der Waals surface area contributed by atoms with E-state index in [9.17, 15) is 8.42 Å². The maximum Gasteiger partial charge on any atom is 0.150 e. The normalized spacial score (nSPS) is 23.7. The smallest absolute Gasteiger partial charge is 0.150 e. The molecule has 0 N–H and O–H groups in total. The Morgan fingerprint density at radius 3 is 2.35 bits per heavy atom. The maximum absolute atomic E-state index is 11.5. The van der Waals surface area contributed by atoms with Crippen molar-refractivity contribution in [3.05, 3.63) is 35.4 Å². The molecule has 0 aliphatic carbocycles. The average molecular weight is 315 g/mol.